The standard InChI is InChI=1S/C18H19BrN2O2/c1-23-17-9-4-14(19)10-13(17)11-20-15-5-2-12(3-6-15)18(22)21-16-7-8-16/h2-6,9-10,16,20H,7-8,11H2,1H3,(H,21,22). The third-order valence-electron chi connectivity index (χ3n) is 3.79. The van der Waals surface area contributed by atoms with E-state index in [2.05, 4.69) is 26.6 Å². The number of benzene rings is 2. The van der Waals surface area contributed by atoms with Crippen molar-refractivity contribution in [2.24, 2.45) is 0 Å². The first-order valence-corrected chi connectivity index (χ1v) is 8.42. The molecule has 1 saturated carbocycles. The molecule has 5 heteroatoms. The first kappa shape index (κ1) is 15.9. The summed E-state index contributed by atoms with van der Waals surface area (Å²) in [5.74, 6) is 0.855. The highest BCUT2D eigenvalue weighted by Crippen LogP contribution is 2.24. The predicted molar refractivity (Wildman–Crippen MR) is 95.0 cm³/mol. The molecule has 2 aromatic carbocycles. The minimum absolute atomic E-state index is 0.00714. The number of hydrogen-bond donors (Lipinski definition) is 2. The summed E-state index contributed by atoms with van der Waals surface area (Å²) in [4.78, 5) is 12.0. The molecule has 120 valence electrons. The third-order valence-corrected chi connectivity index (χ3v) is 4.28. The van der Waals surface area contributed by atoms with E-state index in [4.69, 9.17) is 4.74 Å². The minimum atomic E-state index is 0.00714. The van der Waals surface area contributed by atoms with E-state index in [-0.39, 0.29) is 5.91 Å². The summed E-state index contributed by atoms with van der Waals surface area (Å²) in [7, 11) is 1.67. The van der Waals surface area contributed by atoms with Gasteiger partial charge in [0.25, 0.3) is 5.91 Å². The molecule has 0 radical (unpaired) electrons. The van der Waals surface area contributed by atoms with Gasteiger partial charge in [-0.1, -0.05) is 15.9 Å². The molecule has 0 atom stereocenters. The van der Waals surface area contributed by atoms with Gasteiger partial charge in [0.05, 0.1) is 7.11 Å². The smallest absolute Gasteiger partial charge is 0.251 e. The second-order valence-corrected chi connectivity index (χ2v) is 6.55. The van der Waals surface area contributed by atoms with E-state index in [1.54, 1.807) is 7.11 Å². The average molecular weight is 375 g/mol. The Hall–Kier alpha value is -2.01. The van der Waals surface area contributed by atoms with E-state index in [1.165, 1.54) is 0 Å². The Labute approximate surface area is 144 Å². The predicted octanol–water partition coefficient (Wildman–Crippen LogP) is 3.96. The lowest BCUT2D eigenvalue weighted by atomic mass is 10.1. The van der Waals surface area contributed by atoms with E-state index in [0.29, 0.717) is 18.2 Å². The van der Waals surface area contributed by atoms with Gasteiger partial charge in [0, 0.05) is 33.9 Å². The van der Waals surface area contributed by atoms with Crippen molar-refractivity contribution >= 4 is 27.5 Å². The Balaban J connectivity index is 1.62. The van der Waals surface area contributed by atoms with Crippen molar-refractivity contribution in [3.8, 4) is 5.75 Å². The van der Waals surface area contributed by atoms with Crippen LogP contribution in [0, 0.1) is 0 Å². The number of ether oxygens (including phenoxy) is 1. The molecule has 1 fully saturated rings. The van der Waals surface area contributed by atoms with Gasteiger partial charge in [-0.15, -0.1) is 0 Å². The van der Waals surface area contributed by atoms with Crippen LogP contribution in [0.5, 0.6) is 5.75 Å². The van der Waals surface area contributed by atoms with Gasteiger partial charge >= 0.3 is 0 Å². The van der Waals surface area contributed by atoms with Crippen LogP contribution in [0.3, 0.4) is 0 Å². The Morgan fingerprint density at radius 2 is 1.96 bits per heavy atom. The first-order valence-electron chi connectivity index (χ1n) is 7.63. The number of nitrogens with one attached hydrogen (secondary N) is 2. The topological polar surface area (TPSA) is 50.4 Å². The van der Waals surface area contributed by atoms with Crippen LogP contribution in [0.25, 0.3) is 0 Å². The highest BCUT2D eigenvalue weighted by Gasteiger charge is 2.23. The molecule has 0 saturated heterocycles. The van der Waals surface area contributed by atoms with Crippen molar-refractivity contribution in [2.45, 2.75) is 25.4 Å². The average Bonchev–Trinajstić information content (AvgIpc) is 3.37. The molecule has 0 heterocycles. The number of anilines is 1. The Bertz CT molecular complexity index is 697. The fourth-order valence-electron chi connectivity index (χ4n) is 2.32. The lowest BCUT2D eigenvalue weighted by Crippen LogP contribution is -2.25. The molecular formula is C18H19BrN2O2. The maximum Gasteiger partial charge on any atom is 0.251 e. The summed E-state index contributed by atoms with van der Waals surface area (Å²) in [6.07, 6.45) is 2.19. The molecule has 0 aromatic heterocycles. The molecular weight excluding hydrogens is 356 g/mol. The Morgan fingerprint density at radius 1 is 1.22 bits per heavy atom. The first-order chi connectivity index (χ1) is 11.2. The maximum atomic E-state index is 12.0. The van der Waals surface area contributed by atoms with Crippen LogP contribution >= 0.6 is 15.9 Å². The van der Waals surface area contributed by atoms with Crippen LogP contribution in [0.2, 0.25) is 0 Å². The number of carbonyl (C=O) groups is 1. The van der Waals surface area contributed by atoms with Gasteiger partial charge in [-0.2, -0.15) is 0 Å². The fourth-order valence-corrected chi connectivity index (χ4v) is 2.73. The van der Waals surface area contributed by atoms with Gasteiger partial charge in [-0.3, -0.25) is 4.79 Å². The Morgan fingerprint density at radius 3 is 2.61 bits per heavy atom. The number of hydrogen-bond acceptors (Lipinski definition) is 3. The summed E-state index contributed by atoms with van der Waals surface area (Å²) in [5.41, 5.74) is 2.73. The highest BCUT2D eigenvalue weighted by atomic mass is 79.9. The van der Waals surface area contributed by atoms with Gasteiger partial charge < -0.3 is 15.4 Å². The monoisotopic (exact) mass is 374 g/mol. The van der Waals surface area contributed by atoms with Crippen molar-refractivity contribution in [3.63, 3.8) is 0 Å². The molecule has 1 amide bonds. The van der Waals surface area contributed by atoms with E-state index >= 15 is 0 Å². The van der Waals surface area contributed by atoms with Crippen molar-refractivity contribution in [1.82, 2.24) is 5.32 Å². The van der Waals surface area contributed by atoms with Crippen molar-refractivity contribution < 1.29 is 9.53 Å². The van der Waals surface area contributed by atoms with Crippen LogP contribution in [0.4, 0.5) is 5.69 Å². The second kappa shape index (κ2) is 7.04. The molecule has 0 unspecified atom stereocenters. The van der Waals surface area contributed by atoms with Crippen LogP contribution in [0.15, 0.2) is 46.9 Å². The molecule has 23 heavy (non-hydrogen) atoms. The number of rotatable bonds is 6. The number of methoxy groups -OCH3 is 1. The van der Waals surface area contributed by atoms with E-state index in [9.17, 15) is 4.79 Å². The van der Waals surface area contributed by atoms with Gasteiger partial charge in [0.15, 0.2) is 0 Å². The van der Waals surface area contributed by atoms with Gasteiger partial charge in [0.1, 0.15) is 5.75 Å². The zero-order chi connectivity index (χ0) is 16.2. The van der Waals surface area contributed by atoms with E-state index in [0.717, 1.165) is 34.3 Å². The highest BCUT2D eigenvalue weighted by molar-refractivity contribution is 9.10. The quantitative estimate of drug-likeness (QED) is 0.804. The molecule has 0 bridgehead atoms. The molecule has 2 N–H and O–H groups in total. The summed E-state index contributed by atoms with van der Waals surface area (Å²) >= 11 is 3.47. The normalized spacial score (nSPS) is 13.5. The zero-order valence-electron chi connectivity index (χ0n) is 12.9. The third kappa shape index (κ3) is 4.26. The SMILES string of the molecule is COc1ccc(Br)cc1CNc1ccc(C(=O)NC2CC2)cc1. The van der Waals surface area contributed by atoms with Crippen molar-refractivity contribution in [3.05, 3.63) is 58.1 Å². The fraction of sp³-hybridized carbons (Fsp3) is 0.278. The molecule has 0 aliphatic heterocycles. The van der Waals surface area contributed by atoms with Gasteiger partial charge in [-0.05, 0) is 55.3 Å². The summed E-state index contributed by atoms with van der Waals surface area (Å²) < 4.78 is 6.38. The van der Waals surface area contributed by atoms with E-state index < -0.39 is 0 Å². The largest absolute Gasteiger partial charge is 0.496 e. The van der Waals surface area contributed by atoms with Crippen LogP contribution < -0.4 is 15.4 Å². The lowest BCUT2D eigenvalue weighted by Gasteiger charge is -2.11. The maximum absolute atomic E-state index is 12.0. The summed E-state index contributed by atoms with van der Waals surface area (Å²) in [6.45, 7) is 0.649. The van der Waals surface area contributed by atoms with Crippen LogP contribution in [-0.4, -0.2) is 19.1 Å². The lowest BCUT2D eigenvalue weighted by molar-refractivity contribution is 0.0951. The van der Waals surface area contributed by atoms with Crippen molar-refractivity contribution in [1.29, 1.82) is 0 Å². The molecule has 4 nitrogen and oxygen atoms in total. The molecule has 2 aromatic rings. The number of halogens is 1. The van der Waals surface area contributed by atoms with Crippen LogP contribution in [-0.2, 0) is 6.54 Å². The molecule has 3 rings (SSSR count). The Kier molecular flexibility index (Phi) is 4.86. The van der Waals surface area contributed by atoms with Crippen LogP contribution in [0.1, 0.15) is 28.8 Å². The van der Waals surface area contributed by atoms with Gasteiger partial charge in [-0.25, -0.2) is 0 Å². The molecule has 0 spiro atoms. The zero-order valence-corrected chi connectivity index (χ0v) is 14.5. The molecule has 1 aliphatic rings. The van der Waals surface area contributed by atoms with E-state index in [1.807, 2.05) is 42.5 Å². The number of carbonyl (C=O) groups excluding carboxylic acids is 1. The minimum Gasteiger partial charge on any atom is -0.496 e. The summed E-state index contributed by atoms with van der Waals surface area (Å²) in [5, 5.41) is 6.34. The number of amides is 1. The summed E-state index contributed by atoms with van der Waals surface area (Å²) in [6, 6.07) is 13.8. The second-order valence-electron chi connectivity index (χ2n) is 5.63. The molecule has 1 aliphatic carbocycles. The van der Waals surface area contributed by atoms with Gasteiger partial charge in [0.2, 0.25) is 0 Å². The van der Waals surface area contributed by atoms with Crippen molar-refractivity contribution in [2.75, 3.05) is 12.4 Å².